The average Bonchev–Trinajstić information content (AvgIpc) is 3.24. The molecule has 0 spiro atoms. The second kappa shape index (κ2) is 9.91. The fourth-order valence-electron chi connectivity index (χ4n) is 3.70. The van der Waals surface area contributed by atoms with Crippen molar-refractivity contribution < 1.29 is 14.3 Å². The molecule has 1 fully saturated rings. The normalized spacial score (nSPS) is 13.8. The molecule has 3 heterocycles. The van der Waals surface area contributed by atoms with Gasteiger partial charge in [0.25, 0.3) is 5.91 Å². The summed E-state index contributed by atoms with van der Waals surface area (Å²) >= 11 is 1.38. The number of piperazine rings is 1. The van der Waals surface area contributed by atoms with Crippen molar-refractivity contribution in [3.8, 4) is 16.5 Å². The van der Waals surface area contributed by atoms with E-state index in [4.69, 9.17) is 4.74 Å². The fraction of sp³-hybridized carbons (Fsp3) is 0.333. The van der Waals surface area contributed by atoms with E-state index in [0.717, 1.165) is 27.7 Å². The van der Waals surface area contributed by atoms with Crippen molar-refractivity contribution in [2.24, 2.45) is 0 Å². The van der Waals surface area contributed by atoms with Gasteiger partial charge in [-0.3, -0.25) is 14.6 Å². The fourth-order valence-corrected chi connectivity index (χ4v) is 4.71. The van der Waals surface area contributed by atoms with Crippen molar-refractivity contribution in [1.29, 1.82) is 0 Å². The molecule has 2 aromatic heterocycles. The Morgan fingerprint density at radius 1 is 1.03 bits per heavy atom. The molecule has 2 amide bonds. The van der Waals surface area contributed by atoms with E-state index in [1.165, 1.54) is 11.3 Å². The molecule has 7 nitrogen and oxygen atoms in total. The number of pyridine rings is 1. The summed E-state index contributed by atoms with van der Waals surface area (Å²) in [6.07, 6.45) is 2.87. The summed E-state index contributed by atoms with van der Waals surface area (Å²) in [6.45, 7) is 4.03. The monoisotopic (exact) mass is 450 g/mol. The Bertz CT molecular complexity index is 1070. The number of methoxy groups -OCH3 is 1. The highest BCUT2D eigenvalue weighted by molar-refractivity contribution is 7.17. The first-order chi connectivity index (χ1) is 15.5. The number of benzene rings is 1. The van der Waals surface area contributed by atoms with Crippen LogP contribution in [0.15, 0.2) is 48.7 Å². The van der Waals surface area contributed by atoms with Gasteiger partial charge < -0.3 is 14.5 Å². The Balaban J connectivity index is 1.31. The molecular weight excluding hydrogens is 424 g/mol. The first kappa shape index (κ1) is 22.0. The maximum Gasteiger partial charge on any atom is 0.265 e. The predicted molar refractivity (Wildman–Crippen MR) is 124 cm³/mol. The molecule has 0 aliphatic carbocycles. The molecule has 8 heteroatoms. The summed E-state index contributed by atoms with van der Waals surface area (Å²) in [7, 11) is 1.64. The van der Waals surface area contributed by atoms with Gasteiger partial charge in [-0.1, -0.05) is 18.2 Å². The molecule has 1 aliphatic heterocycles. The summed E-state index contributed by atoms with van der Waals surface area (Å²) in [5, 5.41) is 0.749. The number of hydrogen-bond donors (Lipinski definition) is 0. The number of ether oxygens (including phenoxy) is 1. The lowest BCUT2D eigenvalue weighted by molar-refractivity contribution is -0.132. The summed E-state index contributed by atoms with van der Waals surface area (Å²) < 4.78 is 5.17. The molecule has 3 aromatic rings. The van der Waals surface area contributed by atoms with Crippen LogP contribution in [0.5, 0.6) is 5.75 Å². The summed E-state index contributed by atoms with van der Waals surface area (Å²) in [5.74, 6) is 0.913. The maximum absolute atomic E-state index is 13.1. The minimum Gasteiger partial charge on any atom is -0.497 e. The number of thiazole rings is 1. The molecule has 0 bridgehead atoms. The van der Waals surface area contributed by atoms with Gasteiger partial charge in [0.15, 0.2) is 0 Å². The molecule has 0 radical (unpaired) electrons. The molecule has 32 heavy (non-hydrogen) atoms. The van der Waals surface area contributed by atoms with Crippen LogP contribution < -0.4 is 4.74 Å². The van der Waals surface area contributed by atoms with Crippen molar-refractivity contribution >= 4 is 23.2 Å². The van der Waals surface area contributed by atoms with Gasteiger partial charge in [-0.15, -0.1) is 11.3 Å². The van der Waals surface area contributed by atoms with Gasteiger partial charge in [0, 0.05) is 38.8 Å². The van der Waals surface area contributed by atoms with Crippen LogP contribution in [-0.4, -0.2) is 64.9 Å². The Morgan fingerprint density at radius 2 is 1.75 bits per heavy atom. The standard InChI is InChI=1S/C24H26N4O3S/c1-17-22(32-23(26-17)20-5-3-4-12-25-20)24(30)28-15-13-27(14-16-28)21(29)11-8-18-6-9-19(31-2)10-7-18/h3-7,9-10,12H,8,11,13-16H2,1-2H3. The second-order valence-electron chi connectivity index (χ2n) is 7.67. The highest BCUT2D eigenvalue weighted by Gasteiger charge is 2.27. The van der Waals surface area contributed by atoms with E-state index in [9.17, 15) is 9.59 Å². The molecule has 0 atom stereocenters. The Hall–Kier alpha value is -3.26. The largest absolute Gasteiger partial charge is 0.497 e. The van der Waals surface area contributed by atoms with Gasteiger partial charge >= 0.3 is 0 Å². The number of amides is 2. The minimum atomic E-state index is -0.0208. The molecule has 0 unspecified atom stereocenters. The van der Waals surface area contributed by atoms with Crippen LogP contribution in [0.3, 0.4) is 0 Å². The Labute approximate surface area is 191 Å². The van der Waals surface area contributed by atoms with Crippen LogP contribution >= 0.6 is 11.3 Å². The van der Waals surface area contributed by atoms with Crippen molar-refractivity contribution in [2.45, 2.75) is 19.8 Å². The van der Waals surface area contributed by atoms with Crippen molar-refractivity contribution in [3.05, 3.63) is 64.8 Å². The van der Waals surface area contributed by atoms with Crippen LogP contribution in [-0.2, 0) is 11.2 Å². The zero-order valence-corrected chi connectivity index (χ0v) is 19.1. The summed E-state index contributed by atoms with van der Waals surface area (Å²) in [6, 6.07) is 13.4. The van der Waals surface area contributed by atoms with E-state index in [2.05, 4.69) is 9.97 Å². The first-order valence-corrected chi connectivity index (χ1v) is 11.5. The van der Waals surface area contributed by atoms with Crippen LogP contribution in [0.25, 0.3) is 10.7 Å². The van der Waals surface area contributed by atoms with E-state index >= 15 is 0 Å². The van der Waals surface area contributed by atoms with Gasteiger partial charge in [0.1, 0.15) is 15.6 Å². The number of carbonyl (C=O) groups is 2. The van der Waals surface area contributed by atoms with Crippen LogP contribution in [0.1, 0.15) is 27.3 Å². The van der Waals surface area contributed by atoms with Crippen molar-refractivity contribution in [1.82, 2.24) is 19.8 Å². The SMILES string of the molecule is COc1ccc(CCC(=O)N2CCN(C(=O)c3sc(-c4ccccn4)nc3C)CC2)cc1. The molecule has 0 N–H and O–H groups in total. The van der Waals surface area contributed by atoms with Crippen molar-refractivity contribution in [2.75, 3.05) is 33.3 Å². The topological polar surface area (TPSA) is 75.6 Å². The minimum absolute atomic E-state index is 0.0208. The van der Waals surface area contributed by atoms with Gasteiger partial charge in [-0.05, 0) is 43.2 Å². The van der Waals surface area contributed by atoms with Crippen molar-refractivity contribution in [3.63, 3.8) is 0 Å². The van der Waals surface area contributed by atoms with E-state index < -0.39 is 0 Å². The first-order valence-electron chi connectivity index (χ1n) is 10.6. The van der Waals surface area contributed by atoms with Gasteiger partial charge in [-0.25, -0.2) is 4.98 Å². The number of hydrogen-bond acceptors (Lipinski definition) is 6. The Kier molecular flexibility index (Phi) is 6.80. The lowest BCUT2D eigenvalue weighted by Gasteiger charge is -2.34. The van der Waals surface area contributed by atoms with Crippen LogP contribution in [0, 0.1) is 6.92 Å². The van der Waals surface area contributed by atoms with E-state index in [0.29, 0.717) is 43.9 Å². The average molecular weight is 451 g/mol. The van der Waals surface area contributed by atoms with Crippen LogP contribution in [0.4, 0.5) is 0 Å². The zero-order chi connectivity index (χ0) is 22.5. The number of aryl methyl sites for hydroxylation is 2. The number of nitrogens with zero attached hydrogens (tertiary/aromatic N) is 4. The summed E-state index contributed by atoms with van der Waals surface area (Å²) in [5.41, 5.74) is 2.60. The third-order valence-electron chi connectivity index (χ3n) is 5.58. The van der Waals surface area contributed by atoms with Gasteiger partial charge in [0.2, 0.25) is 5.91 Å². The molecular formula is C24H26N4O3S. The second-order valence-corrected chi connectivity index (χ2v) is 8.67. The number of rotatable bonds is 6. The smallest absolute Gasteiger partial charge is 0.265 e. The van der Waals surface area contributed by atoms with E-state index in [1.807, 2.05) is 59.2 Å². The predicted octanol–water partition coefficient (Wildman–Crippen LogP) is 3.44. The Morgan fingerprint density at radius 3 is 2.41 bits per heavy atom. The molecule has 1 saturated heterocycles. The molecule has 166 valence electrons. The molecule has 0 saturated carbocycles. The maximum atomic E-state index is 13.1. The highest BCUT2D eigenvalue weighted by Crippen LogP contribution is 2.27. The quantitative estimate of drug-likeness (QED) is 0.575. The number of carbonyl (C=O) groups excluding carboxylic acids is 2. The molecule has 1 aliphatic rings. The van der Waals surface area contributed by atoms with Gasteiger partial charge in [0.05, 0.1) is 18.5 Å². The van der Waals surface area contributed by atoms with Crippen LogP contribution in [0.2, 0.25) is 0 Å². The molecule has 4 rings (SSSR count). The third kappa shape index (κ3) is 4.96. The summed E-state index contributed by atoms with van der Waals surface area (Å²) in [4.78, 5) is 38.9. The zero-order valence-electron chi connectivity index (χ0n) is 18.3. The van der Waals surface area contributed by atoms with E-state index in [1.54, 1.807) is 13.3 Å². The third-order valence-corrected chi connectivity index (χ3v) is 6.75. The highest BCUT2D eigenvalue weighted by atomic mass is 32.1. The lowest BCUT2D eigenvalue weighted by Crippen LogP contribution is -2.50. The molecule has 1 aromatic carbocycles. The lowest BCUT2D eigenvalue weighted by atomic mass is 10.1. The van der Waals surface area contributed by atoms with E-state index in [-0.39, 0.29) is 11.8 Å². The van der Waals surface area contributed by atoms with Gasteiger partial charge in [-0.2, -0.15) is 0 Å². The number of aromatic nitrogens is 2.